The van der Waals surface area contributed by atoms with Gasteiger partial charge in [0.1, 0.15) is 11.3 Å². The fraction of sp³-hybridized carbons (Fsp3) is 0.133. The smallest absolute Gasteiger partial charge is 0.339 e. The number of hydrogen-bond acceptors (Lipinski definition) is 3. The standard InChI is InChI=1S/C15H13ClO3S/c16-11-6-7-14(13(10-11)15(17)18)19-8-9-20-12-4-2-1-3-5-12/h1-7,10H,8-9H2,(H,17,18). The van der Waals surface area contributed by atoms with E-state index in [1.807, 2.05) is 30.3 Å². The average Bonchev–Trinajstić information content (AvgIpc) is 2.45. The van der Waals surface area contributed by atoms with Crippen LogP contribution >= 0.6 is 23.4 Å². The van der Waals surface area contributed by atoms with Gasteiger partial charge in [-0.05, 0) is 30.3 Å². The van der Waals surface area contributed by atoms with Crippen LogP contribution in [-0.4, -0.2) is 23.4 Å². The Morgan fingerprint density at radius 1 is 1.20 bits per heavy atom. The quantitative estimate of drug-likeness (QED) is 0.641. The monoisotopic (exact) mass is 308 g/mol. The summed E-state index contributed by atoms with van der Waals surface area (Å²) in [4.78, 5) is 12.2. The summed E-state index contributed by atoms with van der Waals surface area (Å²) < 4.78 is 5.51. The number of carbonyl (C=O) groups is 1. The highest BCUT2D eigenvalue weighted by atomic mass is 35.5. The second kappa shape index (κ2) is 7.22. The van der Waals surface area contributed by atoms with Crippen LogP contribution in [0.25, 0.3) is 0 Å². The van der Waals surface area contributed by atoms with Crippen molar-refractivity contribution in [2.75, 3.05) is 12.4 Å². The molecular formula is C15H13ClO3S. The van der Waals surface area contributed by atoms with Gasteiger partial charge in [0.25, 0.3) is 0 Å². The third kappa shape index (κ3) is 4.18. The van der Waals surface area contributed by atoms with Crippen LogP contribution in [0.15, 0.2) is 53.4 Å². The number of carboxylic acids is 1. The molecule has 0 bridgehead atoms. The second-order valence-corrected chi connectivity index (χ2v) is 5.56. The predicted molar refractivity (Wildman–Crippen MR) is 81.1 cm³/mol. The van der Waals surface area contributed by atoms with E-state index in [2.05, 4.69) is 0 Å². The van der Waals surface area contributed by atoms with Gasteiger partial charge >= 0.3 is 5.97 Å². The van der Waals surface area contributed by atoms with Gasteiger partial charge in [0.2, 0.25) is 0 Å². The maximum atomic E-state index is 11.1. The summed E-state index contributed by atoms with van der Waals surface area (Å²) >= 11 is 7.44. The molecule has 0 unspecified atom stereocenters. The lowest BCUT2D eigenvalue weighted by Crippen LogP contribution is -2.06. The molecule has 0 aliphatic heterocycles. The summed E-state index contributed by atoms with van der Waals surface area (Å²) in [5.41, 5.74) is 0.0854. The number of carboxylic acid groups (broad SMARTS) is 1. The zero-order valence-corrected chi connectivity index (χ0v) is 12.2. The fourth-order valence-corrected chi connectivity index (χ4v) is 2.55. The third-order valence-electron chi connectivity index (χ3n) is 2.52. The lowest BCUT2D eigenvalue weighted by Gasteiger charge is -2.09. The number of halogens is 1. The van der Waals surface area contributed by atoms with Crippen LogP contribution in [0.3, 0.4) is 0 Å². The largest absolute Gasteiger partial charge is 0.492 e. The number of benzene rings is 2. The molecule has 0 aromatic heterocycles. The highest BCUT2D eigenvalue weighted by Crippen LogP contribution is 2.24. The third-order valence-corrected chi connectivity index (χ3v) is 3.74. The molecule has 104 valence electrons. The molecule has 0 aliphatic carbocycles. The summed E-state index contributed by atoms with van der Waals surface area (Å²) in [6.07, 6.45) is 0. The first-order chi connectivity index (χ1) is 9.66. The van der Waals surface area contributed by atoms with Crippen LogP contribution in [0, 0.1) is 0 Å². The van der Waals surface area contributed by atoms with Crippen LogP contribution in [0.4, 0.5) is 0 Å². The Morgan fingerprint density at radius 2 is 1.95 bits per heavy atom. The minimum atomic E-state index is -1.04. The van der Waals surface area contributed by atoms with E-state index >= 15 is 0 Å². The molecule has 0 radical (unpaired) electrons. The lowest BCUT2D eigenvalue weighted by atomic mass is 10.2. The van der Waals surface area contributed by atoms with Gasteiger partial charge < -0.3 is 9.84 Å². The van der Waals surface area contributed by atoms with Crippen molar-refractivity contribution in [1.82, 2.24) is 0 Å². The van der Waals surface area contributed by atoms with E-state index in [1.54, 1.807) is 23.9 Å². The molecule has 0 saturated heterocycles. The average molecular weight is 309 g/mol. The van der Waals surface area contributed by atoms with Gasteiger partial charge in [0.05, 0.1) is 6.61 Å². The first kappa shape index (κ1) is 14.8. The Morgan fingerprint density at radius 3 is 2.65 bits per heavy atom. The minimum absolute atomic E-state index is 0.0854. The number of aromatic carboxylic acids is 1. The van der Waals surface area contributed by atoms with Crippen molar-refractivity contribution in [3.63, 3.8) is 0 Å². The van der Waals surface area contributed by atoms with Crippen LogP contribution < -0.4 is 4.74 Å². The van der Waals surface area contributed by atoms with Crippen molar-refractivity contribution in [3.8, 4) is 5.75 Å². The molecule has 1 N–H and O–H groups in total. The van der Waals surface area contributed by atoms with Crippen molar-refractivity contribution in [1.29, 1.82) is 0 Å². The normalized spacial score (nSPS) is 10.2. The fourth-order valence-electron chi connectivity index (χ4n) is 1.62. The Bertz CT molecular complexity index is 587. The van der Waals surface area contributed by atoms with E-state index in [9.17, 15) is 4.79 Å². The molecule has 5 heteroatoms. The van der Waals surface area contributed by atoms with Crippen LogP contribution in [0.5, 0.6) is 5.75 Å². The van der Waals surface area contributed by atoms with E-state index in [-0.39, 0.29) is 5.56 Å². The molecule has 0 atom stereocenters. The van der Waals surface area contributed by atoms with Crippen molar-refractivity contribution < 1.29 is 14.6 Å². The highest BCUT2D eigenvalue weighted by molar-refractivity contribution is 7.99. The van der Waals surface area contributed by atoms with E-state index in [0.717, 1.165) is 10.6 Å². The van der Waals surface area contributed by atoms with Gasteiger partial charge in [-0.2, -0.15) is 0 Å². The second-order valence-electron chi connectivity index (χ2n) is 3.96. The van der Waals surface area contributed by atoms with Crippen LogP contribution in [0.2, 0.25) is 5.02 Å². The van der Waals surface area contributed by atoms with Crippen LogP contribution in [-0.2, 0) is 0 Å². The minimum Gasteiger partial charge on any atom is -0.492 e. The van der Waals surface area contributed by atoms with Gasteiger partial charge in [-0.15, -0.1) is 11.8 Å². The van der Waals surface area contributed by atoms with Crippen molar-refractivity contribution >= 4 is 29.3 Å². The molecule has 0 fully saturated rings. The highest BCUT2D eigenvalue weighted by Gasteiger charge is 2.11. The molecule has 0 amide bonds. The molecular weight excluding hydrogens is 296 g/mol. The van der Waals surface area contributed by atoms with E-state index in [0.29, 0.717) is 17.4 Å². The van der Waals surface area contributed by atoms with Crippen molar-refractivity contribution in [2.45, 2.75) is 4.90 Å². The Kier molecular flexibility index (Phi) is 5.32. The summed E-state index contributed by atoms with van der Waals surface area (Å²) in [6, 6.07) is 14.6. The predicted octanol–water partition coefficient (Wildman–Crippen LogP) is 4.21. The zero-order valence-electron chi connectivity index (χ0n) is 10.6. The molecule has 3 nitrogen and oxygen atoms in total. The molecule has 20 heavy (non-hydrogen) atoms. The summed E-state index contributed by atoms with van der Waals surface area (Å²) in [6.45, 7) is 0.432. The molecule has 0 spiro atoms. The molecule has 2 rings (SSSR count). The van der Waals surface area contributed by atoms with Crippen molar-refractivity contribution in [2.24, 2.45) is 0 Å². The summed E-state index contributed by atoms with van der Waals surface area (Å²) in [7, 11) is 0. The van der Waals surface area contributed by atoms with Gasteiger partial charge in [-0.25, -0.2) is 4.79 Å². The summed E-state index contributed by atoms with van der Waals surface area (Å²) in [5.74, 6) is 0.0416. The zero-order chi connectivity index (χ0) is 14.4. The maximum Gasteiger partial charge on any atom is 0.339 e. The number of hydrogen-bond donors (Lipinski definition) is 1. The Hall–Kier alpha value is -1.65. The number of ether oxygens (including phenoxy) is 1. The van der Waals surface area contributed by atoms with E-state index < -0.39 is 5.97 Å². The van der Waals surface area contributed by atoms with Crippen molar-refractivity contribution in [3.05, 3.63) is 59.1 Å². The SMILES string of the molecule is O=C(O)c1cc(Cl)ccc1OCCSc1ccccc1. The summed E-state index contributed by atoms with van der Waals surface area (Å²) in [5, 5.41) is 9.46. The molecule has 0 heterocycles. The van der Waals surface area contributed by atoms with E-state index in [1.165, 1.54) is 6.07 Å². The molecule has 0 saturated carbocycles. The van der Waals surface area contributed by atoms with Gasteiger partial charge in [-0.1, -0.05) is 29.8 Å². The molecule has 2 aromatic carbocycles. The lowest BCUT2D eigenvalue weighted by molar-refractivity contribution is 0.0692. The van der Waals surface area contributed by atoms with E-state index in [4.69, 9.17) is 21.4 Å². The topological polar surface area (TPSA) is 46.5 Å². The van der Waals surface area contributed by atoms with Gasteiger partial charge in [0, 0.05) is 15.7 Å². The van der Waals surface area contributed by atoms with Crippen LogP contribution in [0.1, 0.15) is 10.4 Å². The maximum absolute atomic E-state index is 11.1. The molecule has 2 aromatic rings. The number of thioether (sulfide) groups is 1. The first-order valence-corrected chi connectivity index (χ1v) is 7.36. The van der Waals surface area contributed by atoms with Gasteiger partial charge in [-0.3, -0.25) is 0 Å². The number of rotatable bonds is 6. The Balaban J connectivity index is 1.90. The molecule has 0 aliphatic rings. The van der Waals surface area contributed by atoms with Gasteiger partial charge in [0.15, 0.2) is 0 Å². The first-order valence-electron chi connectivity index (χ1n) is 6.00. The Labute approximate surface area is 126 Å².